The van der Waals surface area contributed by atoms with Crippen LogP contribution < -0.4 is 10.1 Å². The van der Waals surface area contributed by atoms with Gasteiger partial charge >= 0.3 is 0 Å². The number of carbonyl (C=O) groups is 1. The van der Waals surface area contributed by atoms with Crippen molar-refractivity contribution >= 4 is 29.1 Å². The summed E-state index contributed by atoms with van der Waals surface area (Å²) in [5.74, 6) is 1.02. The molecule has 1 heterocycles. The fourth-order valence-corrected chi connectivity index (χ4v) is 3.27. The Kier molecular flexibility index (Phi) is 5.49. The van der Waals surface area contributed by atoms with E-state index in [1.54, 1.807) is 31.5 Å². The first-order valence-electron chi connectivity index (χ1n) is 7.86. The maximum absolute atomic E-state index is 12.8. The Hall–Kier alpha value is -2.50. The number of amides is 1. The van der Waals surface area contributed by atoms with Crippen molar-refractivity contribution < 1.29 is 9.53 Å². The number of rotatable bonds is 5. The first kappa shape index (κ1) is 18.3. The van der Waals surface area contributed by atoms with Crippen molar-refractivity contribution in [3.63, 3.8) is 0 Å². The Balaban J connectivity index is 2.02. The lowest BCUT2D eigenvalue weighted by molar-refractivity contribution is 0.0941. The third-order valence-electron chi connectivity index (χ3n) is 3.97. The minimum Gasteiger partial charge on any atom is -0.496 e. The van der Waals surface area contributed by atoms with Gasteiger partial charge in [-0.2, -0.15) is 0 Å². The van der Waals surface area contributed by atoms with Crippen LogP contribution in [0.4, 0.5) is 0 Å². The van der Waals surface area contributed by atoms with E-state index in [9.17, 15) is 4.79 Å². The van der Waals surface area contributed by atoms with E-state index in [1.165, 1.54) is 0 Å². The molecule has 0 saturated carbocycles. The van der Waals surface area contributed by atoms with Crippen molar-refractivity contribution in [2.75, 3.05) is 7.11 Å². The van der Waals surface area contributed by atoms with Gasteiger partial charge < -0.3 is 14.6 Å². The van der Waals surface area contributed by atoms with E-state index in [1.807, 2.05) is 42.1 Å². The largest absolute Gasteiger partial charge is 0.496 e. The second-order valence-electron chi connectivity index (χ2n) is 5.70. The normalized spacial score (nSPS) is 11.8. The molecule has 134 valence electrons. The standard InChI is InChI=1S/C19H17Cl2N3O2/c1-24-8-7-22-18(24)17(15-5-3-4-6-16(15)26-2)23-19(25)12-9-13(20)11-14(21)10-12/h3-11,17H,1-2H3,(H,23,25). The van der Waals surface area contributed by atoms with Crippen molar-refractivity contribution in [1.29, 1.82) is 0 Å². The molecule has 0 saturated heterocycles. The number of nitrogens with one attached hydrogen (secondary N) is 1. The molecule has 0 aliphatic heterocycles. The Morgan fingerprint density at radius 3 is 2.50 bits per heavy atom. The van der Waals surface area contributed by atoms with E-state index in [4.69, 9.17) is 27.9 Å². The second kappa shape index (κ2) is 7.81. The molecular weight excluding hydrogens is 373 g/mol. The summed E-state index contributed by atoms with van der Waals surface area (Å²) < 4.78 is 7.31. The summed E-state index contributed by atoms with van der Waals surface area (Å²) in [5.41, 5.74) is 1.17. The Bertz CT molecular complexity index is 920. The number of hydrogen-bond acceptors (Lipinski definition) is 3. The van der Waals surface area contributed by atoms with Crippen molar-refractivity contribution in [2.24, 2.45) is 7.05 Å². The second-order valence-corrected chi connectivity index (χ2v) is 6.58. The van der Waals surface area contributed by atoms with Gasteiger partial charge in [-0.3, -0.25) is 4.79 Å². The molecule has 3 aromatic rings. The number of nitrogens with zero attached hydrogens (tertiary/aromatic N) is 2. The highest BCUT2D eigenvalue weighted by Crippen LogP contribution is 2.29. The van der Waals surface area contributed by atoms with Crippen LogP contribution in [0.5, 0.6) is 5.75 Å². The lowest BCUT2D eigenvalue weighted by Gasteiger charge is -2.21. The number of ether oxygens (including phenoxy) is 1. The highest BCUT2D eigenvalue weighted by molar-refractivity contribution is 6.35. The van der Waals surface area contributed by atoms with E-state index >= 15 is 0 Å². The van der Waals surface area contributed by atoms with Gasteiger partial charge in [0, 0.05) is 40.6 Å². The van der Waals surface area contributed by atoms with Gasteiger partial charge in [0.2, 0.25) is 0 Å². The summed E-state index contributed by atoms with van der Waals surface area (Å²) in [6.07, 6.45) is 3.50. The topological polar surface area (TPSA) is 56.1 Å². The Labute approximate surface area is 161 Å². The predicted octanol–water partition coefficient (Wildman–Crippen LogP) is 4.25. The number of methoxy groups -OCH3 is 1. The number of hydrogen-bond donors (Lipinski definition) is 1. The Morgan fingerprint density at radius 2 is 1.88 bits per heavy atom. The van der Waals surface area contributed by atoms with Crippen molar-refractivity contribution in [2.45, 2.75) is 6.04 Å². The van der Waals surface area contributed by atoms with Gasteiger partial charge in [-0.1, -0.05) is 41.4 Å². The average Bonchev–Trinajstić information content (AvgIpc) is 3.04. The number of carbonyl (C=O) groups excluding carboxylic acids is 1. The van der Waals surface area contributed by atoms with E-state index < -0.39 is 6.04 Å². The van der Waals surface area contributed by atoms with Crippen LogP contribution in [0.15, 0.2) is 54.9 Å². The molecule has 0 aliphatic rings. The lowest BCUT2D eigenvalue weighted by Crippen LogP contribution is -2.31. The van der Waals surface area contributed by atoms with E-state index in [0.29, 0.717) is 27.2 Å². The Morgan fingerprint density at radius 1 is 1.19 bits per heavy atom. The highest BCUT2D eigenvalue weighted by atomic mass is 35.5. The van der Waals surface area contributed by atoms with Crippen LogP contribution in [0.3, 0.4) is 0 Å². The number of halogens is 2. The number of aromatic nitrogens is 2. The highest BCUT2D eigenvalue weighted by Gasteiger charge is 2.24. The molecule has 0 fully saturated rings. The molecule has 2 aromatic carbocycles. The summed E-state index contributed by atoms with van der Waals surface area (Å²) in [6.45, 7) is 0. The van der Waals surface area contributed by atoms with Crippen molar-refractivity contribution in [1.82, 2.24) is 14.9 Å². The smallest absolute Gasteiger partial charge is 0.252 e. The molecule has 3 rings (SSSR count). The fraction of sp³-hybridized carbons (Fsp3) is 0.158. The van der Waals surface area contributed by atoms with Crippen molar-refractivity contribution in [3.8, 4) is 5.75 Å². The van der Waals surface area contributed by atoms with Crippen LogP contribution in [-0.2, 0) is 7.05 Å². The maximum Gasteiger partial charge on any atom is 0.252 e. The minimum atomic E-state index is -0.503. The zero-order chi connectivity index (χ0) is 18.7. The van der Waals surface area contributed by atoms with Crippen molar-refractivity contribution in [3.05, 3.63) is 81.9 Å². The quantitative estimate of drug-likeness (QED) is 0.709. The molecule has 7 heteroatoms. The average molecular weight is 390 g/mol. The molecule has 1 amide bonds. The third kappa shape index (κ3) is 3.84. The third-order valence-corrected chi connectivity index (χ3v) is 4.40. The molecule has 26 heavy (non-hydrogen) atoms. The molecule has 1 aromatic heterocycles. The number of benzene rings is 2. The molecule has 1 atom stereocenters. The summed E-state index contributed by atoms with van der Waals surface area (Å²) in [6, 6.07) is 11.7. The van der Waals surface area contributed by atoms with Gasteiger partial charge in [0.25, 0.3) is 5.91 Å². The molecular formula is C19H17Cl2N3O2. The van der Waals surface area contributed by atoms with E-state index in [0.717, 1.165) is 5.56 Å². The van der Waals surface area contributed by atoms with Gasteiger partial charge in [0.1, 0.15) is 17.6 Å². The molecule has 0 spiro atoms. The predicted molar refractivity (Wildman–Crippen MR) is 102 cm³/mol. The van der Waals surface area contributed by atoms with Gasteiger partial charge in [-0.05, 0) is 24.3 Å². The number of aryl methyl sites for hydroxylation is 1. The van der Waals surface area contributed by atoms with Crippen LogP contribution in [0, 0.1) is 0 Å². The molecule has 0 aliphatic carbocycles. The summed E-state index contributed by atoms with van der Waals surface area (Å²) >= 11 is 12.0. The minimum absolute atomic E-state index is 0.312. The zero-order valence-corrected chi connectivity index (χ0v) is 15.8. The van der Waals surface area contributed by atoms with Crippen LogP contribution in [-0.4, -0.2) is 22.6 Å². The van der Waals surface area contributed by atoms with E-state index in [-0.39, 0.29) is 5.91 Å². The maximum atomic E-state index is 12.8. The molecule has 5 nitrogen and oxygen atoms in total. The lowest BCUT2D eigenvalue weighted by atomic mass is 10.0. The zero-order valence-electron chi connectivity index (χ0n) is 14.2. The van der Waals surface area contributed by atoms with Gasteiger partial charge in [0.15, 0.2) is 0 Å². The molecule has 1 N–H and O–H groups in total. The summed E-state index contributed by atoms with van der Waals surface area (Å²) in [7, 11) is 3.46. The first-order chi connectivity index (χ1) is 12.5. The van der Waals surface area contributed by atoms with Gasteiger partial charge in [-0.25, -0.2) is 4.98 Å². The van der Waals surface area contributed by atoms with Gasteiger partial charge in [0.05, 0.1) is 7.11 Å². The number of imidazole rings is 1. The SMILES string of the molecule is COc1ccccc1C(NC(=O)c1cc(Cl)cc(Cl)c1)c1nccn1C. The van der Waals surface area contributed by atoms with Crippen LogP contribution in [0.25, 0.3) is 0 Å². The molecule has 1 unspecified atom stereocenters. The van der Waals surface area contributed by atoms with Crippen LogP contribution in [0.2, 0.25) is 10.0 Å². The monoisotopic (exact) mass is 389 g/mol. The number of para-hydroxylation sites is 1. The van der Waals surface area contributed by atoms with Crippen LogP contribution >= 0.6 is 23.2 Å². The first-order valence-corrected chi connectivity index (χ1v) is 8.62. The fourth-order valence-electron chi connectivity index (χ4n) is 2.74. The van der Waals surface area contributed by atoms with E-state index in [2.05, 4.69) is 10.3 Å². The molecule has 0 radical (unpaired) electrons. The molecule has 0 bridgehead atoms. The summed E-state index contributed by atoms with van der Waals surface area (Å²) in [5, 5.41) is 3.80. The van der Waals surface area contributed by atoms with Crippen LogP contribution in [0.1, 0.15) is 27.8 Å². The van der Waals surface area contributed by atoms with Gasteiger partial charge in [-0.15, -0.1) is 0 Å². The summed E-state index contributed by atoms with van der Waals surface area (Å²) in [4.78, 5) is 17.2.